The second-order valence-corrected chi connectivity index (χ2v) is 6.36. The molecule has 0 bridgehead atoms. The van der Waals surface area contributed by atoms with Gasteiger partial charge in [-0.1, -0.05) is 48.0 Å². The van der Waals surface area contributed by atoms with E-state index in [0.717, 1.165) is 11.1 Å². The van der Waals surface area contributed by atoms with E-state index in [1.54, 1.807) is 41.2 Å². The van der Waals surface area contributed by atoms with Gasteiger partial charge in [0.1, 0.15) is 0 Å². The smallest absolute Gasteiger partial charge is 0.258 e. The Morgan fingerprint density at radius 1 is 1.00 bits per heavy atom. The predicted octanol–water partition coefficient (Wildman–Crippen LogP) is 3.40. The summed E-state index contributed by atoms with van der Waals surface area (Å²) in [5.74, 6) is -0.787. The van der Waals surface area contributed by atoms with Crippen molar-refractivity contribution >= 4 is 35.1 Å². The summed E-state index contributed by atoms with van der Waals surface area (Å²) in [4.78, 5) is 24.2. The van der Waals surface area contributed by atoms with Crippen molar-refractivity contribution in [3.63, 3.8) is 0 Å². The molecule has 1 aliphatic heterocycles. The molecule has 0 saturated heterocycles. The molecular weight excluding hydrogens is 350 g/mol. The van der Waals surface area contributed by atoms with E-state index in [-0.39, 0.29) is 5.91 Å². The molecule has 4 rings (SSSR count). The van der Waals surface area contributed by atoms with E-state index in [2.05, 4.69) is 10.4 Å². The Morgan fingerprint density at radius 2 is 1.73 bits per heavy atom. The Bertz CT molecular complexity index is 1050. The molecule has 6 heteroatoms. The third-order valence-corrected chi connectivity index (χ3v) is 4.56. The highest BCUT2D eigenvalue weighted by molar-refractivity contribution is 6.34. The number of fused-ring (bicyclic) bond motifs is 1. The Balaban J connectivity index is 1.66. The van der Waals surface area contributed by atoms with Crippen LogP contribution in [-0.4, -0.2) is 21.6 Å². The highest BCUT2D eigenvalue weighted by atomic mass is 35.5. The molecule has 0 spiro atoms. The van der Waals surface area contributed by atoms with Crippen LogP contribution in [0.1, 0.15) is 27.0 Å². The van der Waals surface area contributed by atoms with Gasteiger partial charge in [-0.05, 0) is 29.3 Å². The van der Waals surface area contributed by atoms with E-state index >= 15 is 0 Å². The maximum atomic E-state index is 12.3. The van der Waals surface area contributed by atoms with Gasteiger partial charge in [0.2, 0.25) is 0 Å². The number of rotatable bonds is 3. The van der Waals surface area contributed by atoms with Crippen molar-refractivity contribution in [2.45, 2.75) is 6.54 Å². The van der Waals surface area contributed by atoms with Crippen molar-refractivity contribution in [3.8, 4) is 0 Å². The van der Waals surface area contributed by atoms with Crippen molar-refractivity contribution < 1.29 is 9.59 Å². The van der Waals surface area contributed by atoms with Crippen molar-refractivity contribution in [3.05, 3.63) is 88.2 Å². The molecular formula is C20H14ClN3O2. The highest BCUT2D eigenvalue weighted by Crippen LogP contribution is 2.26. The molecule has 0 atom stereocenters. The minimum Gasteiger partial charge on any atom is -0.288 e. The number of hydrogen-bond donors (Lipinski definition) is 1. The summed E-state index contributed by atoms with van der Waals surface area (Å²) in [5, 5.41) is 7.38. The fourth-order valence-corrected chi connectivity index (χ4v) is 3.12. The van der Waals surface area contributed by atoms with Gasteiger partial charge in [-0.15, -0.1) is 0 Å². The third-order valence-electron chi connectivity index (χ3n) is 4.19. The lowest BCUT2D eigenvalue weighted by atomic mass is 9.94. The Morgan fingerprint density at radius 3 is 2.54 bits per heavy atom. The number of nitrogens with one attached hydrogen (secondary N) is 1. The second kappa shape index (κ2) is 6.61. The topological polar surface area (TPSA) is 64.0 Å². The lowest BCUT2D eigenvalue weighted by Gasteiger charge is -2.17. The van der Waals surface area contributed by atoms with Crippen molar-refractivity contribution in [1.29, 1.82) is 0 Å². The average Bonchev–Trinajstić information content (AvgIpc) is 3.08. The molecule has 5 nitrogen and oxygen atoms in total. The summed E-state index contributed by atoms with van der Waals surface area (Å²) in [7, 11) is 0. The van der Waals surface area contributed by atoms with Gasteiger partial charge in [-0.2, -0.15) is 5.10 Å². The SMILES string of the molecule is O=C1NC(=O)c2ccccc2C1=Cc1cnn(Cc2ccccc2Cl)c1. The van der Waals surface area contributed by atoms with E-state index in [1.165, 1.54) is 0 Å². The zero-order chi connectivity index (χ0) is 18.1. The third kappa shape index (κ3) is 3.05. The van der Waals surface area contributed by atoms with Crippen LogP contribution in [0.3, 0.4) is 0 Å². The van der Waals surface area contributed by atoms with Gasteiger partial charge >= 0.3 is 0 Å². The predicted molar refractivity (Wildman–Crippen MR) is 99.6 cm³/mol. The Hall–Kier alpha value is -3.18. The normalized spacial score (nSPS) is 15.0. The lowest BCUT2D eigenvalue weighted by Crippen LogP contribution is -2.36. The Kier molecular flexibility index (Phi) is 4.14. The molecule has 1 aliphatic rings. The van der Waals surface area contributed by atoms with Crippen molar-refractivity contribution in [1.82, 2.24) is 15.1 Å². The molecule has 0 saturated carbocycles. The van der Waals surface area contributed by atoms with Gasteiger partial charge in [-0.25, -0.2) is 0 Å². The average molecular weight is 364 g/mol. The van der Waals surface area contributed by atoms with Gasteiger partial charge < -0.3 is 0 Å². The van der Waals surface area contributed by atoms with Crippen LogP contribution in [0, 0.1) is 0 Å². The summed E-state index contributed by atoms with van der Waals surface area (Å²) in [6.45, 7) is 0.532. The van der Waals surface area contributed by atoms with Crippen LogP contribution >= 0.6 is 11.6 Å². The van der Waals surface area contributed by atoms with E-state index in [0.29, 0.717) is 28.3 Å². The molecule has 0 radical (unpaired) electrons. The van der Waals surface area contributed by atoms with Crippen LogP contribution < -0.4 is 5.32 Å². The molecule has 0 aliphatic carbocycles. The number of imide groups is 1. The van der Waals surface area contributed by atoms with E-state index < -0.39 is 5.91 Å². The second-order valence-electron chi connectivity index (χ2n) is 5.95. The van der Waals surface area contributed by atoms with Crippen LogP contribution in [0.5, 0.6) is 0 Å². The number of aromatic nitrogens is 2. The monoisotopic (exact) mass is 363 g/mol. The number of halogens is 1. The highest BCUT2D eigenvalue weighted by Gasteiger charge is 2.26. The number of amides is 2. The van der Waals surface area contributed by atoms with Crippen LogP contribution in [0.25, 0.3) is 11.6 Å². The van der Waals surface area contributed by atoms with Crippen LogP contribution in [0.15, 0.2) is 60.9 Å². The minimum atomic E-state index is -0.410. The molecule has 2 amide bonds. The molecule has 128 valence electrons. The number of nitrogens with zero attached hydrogens (tertiary/aromatic N) is 2. The number of carbonyl (C=O) groups is 2. The zero-order valence-electron chi connectivity index (χ0n) is 13.6. The van der Waals surface area contributed by atoms with Crippen LogP contribution in [0.2, 0.25) is 5.02 Å². The van der Waals surface area contributed by atoms with Gasteiger partial charge in [-0.3, -0.25) is 19.6 Å². The van der Waals surface area contributed by atoms with E-state index in [4.69, 9.17) is 11.6 Å². The largest absolute Gasteiger partial charge is 0.288 e. The number of benzene rings is 2. The molecule has 2 aromatic carbocycles. The first kappa shape index (κ1) is 16.3. The standard InChI is InChI=1S/C20H14ClN3O2/c21-18-8-4-1-5-14(18)12-24-11-13(10-22-24)9-17-15-6-2-3-7-16(15)19(25)23-20(17)26/h1-11H,12H2,(H,23,25,26). The first-order chi connectivity index (χ1) is 12.6. The maximum absolute atomic E-state index is 12.3. The summed E-state index contributed by atoms with van der Waals surface area (Å²) in [6.07, 6.45) is 5.25. The van der Waals surface area contributed by atoms with Gasteiger partial charge in [0.05, 0.1) is 12.7 Å². The molecule has 26 heavy (non-hydrogen) atoms. The fraction of sp³-hybridized carbons (Fsp3) is 0.0500. The van der Waals surface area contributed by atoms with Gasteiger partial charge in [0.25, 0.3) is 11.8 Å². The first-order valence-electron chi connectivity index (χ1n) is 8.04. The zero-order valence-corrected chi connectivity index (χ0v) is 14.4. The number of carbonyl (C=O) groups excluding carboxylic acids is 2. The van der Waals surface area contributed by atoms with Crippen LogP contribution in [-0.2, 0) is 11.3 Å². The minimum absolute atomic E-state index is 0.378. The van der Waals surface area contributed by atoms with E-state index in [9.17, 15) is 9.59 Å². The van der Waals surface area contributed by atoms with E-state index in [1.807, 2.05) is 30.5 Å². The van der Waals surface area contributed by atoms with Gasteiger partial charge in [0, 0.05) is 27.9 Å². The molecule has 0 unspecified atom stereocenters. The Labute approximate surface area is 154 Å². The summed E-state index contributed by atoms with van der Waals surface area (Å²) in [6, 6.07) is 14.6. The maximum Gasteiger partial charge on any atom is 0.258 e. The fourth-order valence-electron chi connectivity index (χ4n) is 2.93. The number of hydrogen-bond acceptors (Lipinski definition) is 3. The van der Waals surface area contributed by atoms with Gasteiger partial charge in [0.15, 0.2) is 0 Å². The summed E-state index contributed by atoms with van der Waals surface area (Å²) < 4.78 is 1.76. The lowest BCUT2D eigenvalue weighted by molar-refractivity contribution is -0.114. The van der Waals surface area contributed by atoms with Crippen LogP contribution in [0.4, 0.5) is 0 Å². The molecule has 3 aromatic rings. The summed E-state index contributed by atoms with van der Waals surface area (Å²) >= 11 is 6.19. The summed E-state index contributed by atoms with van der Waals surface area (Å²) in [5.41, 5.74) is 3.29. The molecule has 2 heterocycles. The first-order valence-corrected chi connectivity index (χ1v) is 8.42. The van der Waals surface area contributed by atoms with Crippen molar-refractivity contribution in [2.75, 3.05) is 0 Å². The molecule has 0 fully saturated rings. The quantitative estimate of drug-likeness (QED) is 0.573. The van der Waals surface area contributed by atoms with Crippen molar-refractivity contribution in [2.24, 2.45) is 0 Å². The molecule has 1 aromatic heterocycles. The molecule has 1 N–H and O–H groups in total.